The molecule has 1 aromatic rings. The maximum Gasteiger partial charge on any atom is 0.169 e. The molecule has 0 amide bonds. The van der Waals surface area contributed by atoms with Crippen molar-refractivity contribution in [3.05, 3.63) is 22.6 Å². The quantitative estimate of drug-likeness (QED) is 0.822. The molecule has 112 valence electrons. The van der Waals surface area contributed by atoms with Gasteiger partial charge >= 0.3 is 0 Å². The van der Waals surface area contributed by atoms with Crippen LogP contribution < -0.4 is 0 Å². The minimum Gasteiger partial charge on any atom is -0.453 e. The molecule has 3 rings (SSSR count). The Morgan fingerprint density at radius 1 is 1.25 bits per heavy atom. The van der Waals surface area contributed by atoms with Crippen molar-refractivity contribution in [3.63, 3.8) is 0 Å². The zero-order valence-corrected chi connectivity index (χ0v) is 13.3. The Labute approximate surface area is 128 Å². The maximum atomic E-state index is 6.03. The van der Waals surface area contributed by atoms with Crippen LogP contribution in [0, 0.1) is 5.92 Å². The molecule has 0 radical (unpaired) electrons. The van der Waals surface area contributed by atoms with E-state index in [-0.39, 0.29) is 0 Å². The van der Waals surface area contributed by atoms with Crippen molar-refractivity contribution < 1.29 is 13.9 Å². The third-order valence-corrected chi connectivity index (χ3v) is 4.56. The van der Waals surface area contributed by atoms with Gasteiger partial charge in [0.1, 0.15) is 5.76 Å². The molecule has 0 saturated carbocycles. The summed E-state index contributed by atoms with van der Waals surface area (Å²) in [5.41, 5.74) is 0. The number of halogens is 1. The molecule has 0 aromatic carbocycles. The van der Waals surface area contributed by atoms with Crippen molar-refractivity contribution in [2.24, 2.45) is 5.92 Å². The molecular weight excluding hydrogens is 322 g/mol. The third kappa shape index (κ3) is 4.07. The predicted molar refractivity (Wildman–Crippen MR) is 79.6 cm³/mol. The van der Waals surface area contributed by atoms with Gasteiger partial charge in [0, 0.05) is 25.6 Å². The molecule has 1 aromatic heterocycles. The van der Waals surface area contributed by atoms with Crippen LogP contribution in [0.5, 0.6) is 0 Å². The maximum absolute atomic E-state index is 6.03. The predicted octanol–water partition coefficient (Wildman–Crippen LogP) is 3.06. The first-order chi connectivity index (χ1) is 9.79. The molecule has 2 saturated heterocycles. The lowest BCUT2D eigenvalue weighted by atomic mass is 10.1. The fraction of sp³-hybridized carbons (Fsp3) is 0.733. The van der Waals surface area contributed by atoms with Gasteiger partial charge in [0.15, 0.2) is 4.67 Å². The minimum atomic E-state index is 0.426. The summed E-state index contributed by atoms with van der Waals surface area (Å²) >= 11 is 3.34. The van der Waals surface area contributed by atoms with E-state index in [1.165, 1.54) is 0 Å². The molecule has 2 fully saturated rings. The van der Waals surface area contributed by atoms with Crippen LogP contribution in [0.25, 0.3) is 0 Å². The largest absolute Gasteiger partial charge is 0.453 e. The van der Waals surface area contributed by atoms with Gasteiger partial charge in [0.2, 0.25) is 0 Å². The second-order valence-corrected chi connectivity index (χ2v) is 6.53. The Kier molecular flexibility index (Phi) is 5.15. The lowest BCUT2D eigenvalue weighted by Gasteiger charge is -2.31. The van der Waals surface area contributed by atoms with Gasteiger partial charge in [-0.1, -0.05) is 0 Å². The van der Waals surface area contributed by atoms with Gasteiger partial charge in [-0.3, -0.25) is 4.90 Å². The van der Waals surface area contributed by atoms with Crippen molar-refractivity contribution in [1.82, 2.24) is 4.90 Å². The number of piperidine rings is 1. The summed E-state index contributed by atoms with van der Waals surface area (Å²) in [6, 6.07) is 3.99. The highest BCUT2D eigenvalue weighted by Gasteiger charge is 2.23. The highest BCUT2D eigenvalue weighted by Crippen LogP contribution is 2.21. The van der Waals surface area contributed by atoms with E-state index in [2.05, 4.69) is 20.8 Å². The molecule has 2 aliphatic rings. The smallest absolute Gasteiger partial charge is 0.169 e. The van der Waals surface area contributed by atoms with Crippen LogP contribution in [0.2, 0.25) is 0 Å². The highest BCUT2D eigenvalue weighted by atomic mass is 79.9. The lowest BCUT2D eigenvalue weighted by Crippen LogP contribution is -2.37. The van der Waals surface area contributed by atoms with Gasteiger partial charge in [-0.2, -0.15) is 0 Å². The van der Waals surface area contributed by atoms with Gasteiger partial charge in [0.05, 0.1) is 25.9 Å². The molecule has 20 heavy (non-hydrogen) atoms. The first-order valence-electron chi connectivity index (χ1n) is 7.45. The van der Waals surface area contributed by atoms with Crippen LogP contribution in [-0.2, 0) is 16.0 Å². The van der Waals surface area contributed by atoms with Crippen molar-refractivity contribution in [2.75, 3.05) is 32.9 Å². The molecular formula is C15H22BrNO3. The Bertz CT molecular complexity index is 409. The van der Waals surface area contributed by atoms with Gasteiger partial charge in [-0.15, -0.1) is 0 Å². The molecule has 5 heteroatoms. The summed E-state index contributed by atoms with van der Waals surface area (Å²) in [6.07, 6.45) is 3.83. The first kappa shape index (κ1) is 14.6. The Balaban J connectivity index is 1.36. The monoisotopic (exact) mass is 343 g/mol. The average molecular weight is 344 g/mol. The van der Waals surface area contributed by atoms with E-state index in [0.717, 1.165) is 69.1 Å². The molecule has 0 spiro atoms. The van der Waals surface area contributed by atoms with Gasteiger partial charge in [0.25, 0.3) is 0 Å². The Morgan fingerprint density at radius 2 is 2.10 bits per heavy atom. The van der Waals surface area contributed by atoms with E-state index in [0.29, 0.717) is 12.0 Å². The summed E-state index contributed by atoms with van der Waals surface area (Å²) in [4.78, 5) is 2.43. The number of ether oxygens (including phenoxy) is 2. The minimum absolute atomic E-state index is 0.426. The number of hydrogen-bond acceptors (Lipinski definition) is 4. The second kappa shape index (κ2) is 7.07. The summed E-state index contributed by atoms with van der Waals surface area (Å²) in [5, 5.41) is 0. The third-order valence-electron chi connectivity index (χ3n) is 4.13. The van der Waals surface area contributed by atoms with Crippen LogP contribution in [0.4, 0.5) is 0 Å². The van der Waals surface area contributed by atoms with Crippen LogP contribution in [0.3, 0.4) is 0 Å². The van der Waals surface area contributed by atoms with Crippen molar-refractivity contribution in [1.29, 1.82) is 0 Å². The molecule has 0 aliphatic carbocycles. The van der Waals surface area contributed by atoms with E-state index in [1.807, 2.05) is 12.1 Å². The fourth-order valence-electron chi connectivity index (χ4n) is 2.88. The van der Waals surface area contributed by atoms with E-state index < -0.39 is 0 Å². The summed E-state index contributed by atoms with van der Waals surface area (Å²) in [5.74, 6) is 1.65. The van der Waals surface area contributed by atoms with Crippen LogP contribution in [0.1, 0.15) is 25.0 Å². The second-order valence-electron chi connectivity index (χ2n) is 5.74. The van der Waals surface area contributed by atoms with E-state index in [4.69, 9.17) is 13.9 Å². The summed E-state index contributed by atoms with van der Waals surface area (Å²) in [6.45, 7) is 5.73. The van der Waals surface area contributed by atoms with Crippen molar-refractivity contribution in [3.8, 4) is 0 Å². The van der Waals surface area contributed by atoms with Crippen LogP contribution in [0.15, 0.2) is 21.2 Å². The number of nitrogens with zero attached hydrogens (tertiary/aromatic N) is 1. The van der Waals surface area contributed by atoms with E-state index >= 15 is 0 Å². The molecule has 1 unspecified atom stereocenters. The molecule has 0 bridgehead atoms. The van der Waals surface area contributed by atoms with Crippen LogP contribution >= 0.6 is 15.9 Å². The van der Waals surface area contributed by atoms with E-state index in [1.54, 1.807) is 0 Å². The summed E-state index contributed by atoms with van der Waals surface area (Å²) in [7, 11) is 0. The molecule has 3 heterocycles. The molecule has 1 atom stereocenters. The van der Waals surface area contributed by atoms with Gasteiger partial charge < -0.3 is 13.9 Å². The summed E-state index contributed by atoms with van der Waals surface area (Å²) < 4.78 is 17.8. The highest BCUT2D eigenvalue weighted by molar-refractivity contribution is 9.10. The standard InChI is InChI=1S/C15H22BrNO3/c16-15-2-1-14(20-15)9-17-6-3-13(4-7-17)19-11-12-5-8-18-10-12/h1-2,12-13H,3-11H2. The van der Waals surface area contributed by atoms with Gasteiger partial charge in [-0.25, -0.2) is 0 Å². The zero-order valence-electron chi connectivity index (χ0n) is 11.7. The lowest BCUT2D eigenvalue weighted by molar-refractivity contribution is -0.0126. The van der Waals surface area contributed by atoms with E-state index in [9.17, 15) is 0 Å². The Hall–Kier alpha value is -0.360. The normalized spacial score (nSPS) is 25.4. The number of likely N-dealkylation sites (tertiary alicyclic amines) is 1. The first-order valence-corrected chi connectivity index (χ1v) is 8.25. The number of furan rings is 1. The van der Waals surface area contributed by atoms with Crippen LogP contribution in [-0.4, -0.2) is 43.9 Å². The van der Waals surface area contributed by atoms with Gasteiger partial charge in [-0.05, 0) is 47.3 Å². The molecule has 2 aliphatic heterocycles. The SMILES string of the molecule is Brc1ccc(CN2CCC(OCC3CCOC3)CC2)o1. The number of hydrogen-bond donors (Lipinski definition) is 0. The molecule has 0 N–H and O–H groups in total. The van der Waals surface area contributed by atoms with Crippen molar-refractivity contribution >= 4 is 15.9 Å². The molecule has 4 nitrogen and oxygen atoms in total. The van der Waals surface area contributed by atoms with Crippen molar-refractivity contribution in [2.45, 2.75) is 31.9 Å². The average Bonchev–Trinajstić information content (AvgIpc) is 3.10. The number of rotatable bonds is 5. The topological polar surface area (TPSA) is 34.8 Å². The fourth-order valence-corrected chi connectivity index (χ4v) is 3.22. The zero-order chi connectivity index (χ0) is 13.8. The Morgan fingerprint density at radius 3 is 2.75 bits per heavy atom.